The van der Waals surface area contributed by atoms with Gasteiger partial charge in [-0.15, -0.1) is 0 Å². The van der Waals surface area contributed by atoms with Gasteiger partial charge in [-0.3, -0.25) is 0 Å². The second-order valence-electron chi connectivity index (χ2n) is 4.43. The number of hydrogen-bond acceptors (Lipinski definition) is 2. The highest BCUT2D eigenvalue weighted by molar-refractivity contribution is 9.10. The molecule has 0 aliphatic heterocycles. The van der Waals surface area contributed by atoms with Crippen molar-refractivity contribution in [1.29, 1.82) is 0 Å². The van der Waals surface area contributed by atoms with Crippen molar-refractivity contribution in [2.45, 2.75) is 25.4 Å². The van der Waals surface area contributed by atoms with Crippen LogP contribution in [0.3, 0.4) is 0 Å². The minimum Gasteiger partial charge on any atom is -0.490 e. The molecule has 1 saturated carbocycles. The van der Waals surface area contributed by atoms with Crippen molar-refractivity contribution < 1.29 is 4.74 Å². The van der Waals surface area contributed by atoms with E-state index in [0.29, 0.717) is 6.10 Å². The smallest absolute Gasteiger partial charge is 0.119 e. The molecule has 2 nitrogen and oxygen atoms in total. The summed E-state index contributed by atoms with van der Waals surface area (Å²) in [6.45, 7) is 1.11. The lowest BCUT2D eigenvalue weighted by Crippen LogP contribution is -2.18. The zero-order chi connectivity index (χ0) is 11.4. The summed E-state index contributed by atoms with van der Waals surface area (Å²) in [6.07, 6.45) is 4.04. The number of nitrogens with one attached hydrogen (secondary N) is 1. The Labute approximate surface area is 106 Å². The predicted octanol–water partition coefficient (Wildman–Crippen LogP) is 3.22. The van der Waals surface area contributed by atoms with E-state index in [9.17, 15) is 0 Å². The van der Waals surface area contributed by atoms with E-state index in [-0.39, 0.29) is 0 Å². The molecule has 0 bridgehead atoms. The van der Waals surface area contributed by atoms with E-state index in [1.807, 2.05) is 31.3 Å². The first-order valence-electron chi connectivity index (χ1n) is 5.84. The molecule has 2 unspecified atom stereocenters. The van der Waals surface area contributed by atoms with Crippen LogP contribution in [0.2, 0.25) is 0 Å². The summed E-state index contributed by atoms with van der Waals surface area (Å²) >= 11 is 3.42. The highest BCUT2D eigenvalue weighted by Gasteiger charge is 2.25. The molecule has 1 aromatic carbocycles. The SMILES string of the molecule is CNCC1CCC(Oc2ccc(Br)cc2)C1. The number of benzene rings is 1. The molecule has 1 N–H and O–H groups in total. The molecule has 88 valence electrons. The normalized spacial score (nSPS) is 24.6. The summed E-state index contributed by atoms with van der Waals surface area (Å²) in [5.74, 6) is 1.77. The topological polar surface area (TPSA) is 21.3 Å². The van der Waals surface area contributed by atoms with E-state index in [1.165, 1.54) is 19.3 Å². The Morgan fingerprint density at radius 3 is 2.75 bits per heavy atom. The van der Waals surface area contributed by atoms with Gasteiger partial charge < -0.3 is 10.1 Å². The second-order valence-corrected chi connectivity index (χ2v) is 5.35. The maximum absolute atomic E-state index is 5.96. The van der Waals surface area contributed by atoms with Crippen LogP contribution in [0.5, 0.6) is 5.75 Å². The highest BCUT2D eigenvalue weighted by atomic mass is 79.9. The van der Waals surface area contributed by atoms with Crippen LogP contribution in [-0.2, 0) is 0 Å². The lowest BCUT2D eigenvalue weighted by atomic mass is 10.1. The van der Waals surface area contributed by atoms with E-state index in [0.717, 1.165) is 22.7 Å². The molecule has 3 heteroatoms. The molecule has 1 aliphatic carbocycles. The largest absolute Gasteiger partial charge is 0.490 e. The lowest BCUT2D eigenvalue weighted by Gasteiger charge is -2.14. The van der Waals surface area contributed by atoms with E-state index in [2.05, 4.69) is 21.2 Å². The van der Waals surface area contributed by atoms with Gasteiger partial charge in [0.15, 0.2) is 0 Å². The zero-order valence-corrected chi connectivity index (χ0v) is 11.2. The zero-order valence-electron chi connectivity index (χ0n) is 9.58. The van der Waals surface area contributed by atoms with Crippen LogP contribution in [0, 0.1) is 5.92 Å². The molecule has 2 atom stereocenters. The Bertz CT molecular complexity index is 325. The van der Waals surface area contributed by atoms with Crippen molar-refractivity contribution in [3.05, 3.63) is 28.7 Å². The quantitative estimate of drug-likeness (QED) is 0.916. The first kappa shape index (κ1) is 11.9. The number of halogens is 1. The van der Waals surface area contributed by atoms with Crippen molar-refractivity contribution in [1.82, 2.24) is 5.32 Å². The Kier molecular flexibility index (Phi) is 4.24. The monoisotopic (exact) mass is 283 g/mol. The fourth-order valence-electron chi connectivity index (χ4n) is 2.32. The van der Waals surface area contributed by atoms with Gasteiger partial charge in [-0.25, -0.2) is 0 Å². The Morgan fingerprint density at radius 2 is 2.06 bits per heavy atom. The van der Waals surface area contributed by atoms with Gasteiger partial charge >= 0.3 is 0 Å². The Balaban J connectivity index is 1.84. The van der Waals surface area contributed by atoms with Gasteiger partial charge in [0.25, 0.3) is 0 Å². The van der Waals surface area contributed by atoms with E-state index in [1.54, 1.807) is 0 Å². The molecule has 0 amide bonds. The molecule has 2 rings (SSSR count). The van der Waals surface area contributed by atoms with Crippen molar-refractivity contribution in [3.8, 4) is 5.75 Å². The van der Waals surface area contributed by atoms with Gasteiger partial charge in [-0.05, 0) is 63.0 Å². The average molecular weight is 284 g/mol. The van der Waals surface area contributed by atoms with Crippen molar-refractivity contribution in [2.24, 2.45) is 5.92 Å². The summed E-state index contributed by atoms with van der Waals surface area (Å²) in [6, 6.07) is 8.09. The molecule has 0 heterocycles. The van der Waals surface area contributed by atoms with Gasteiger partial charge in [0, 0.05) is 4.47 Å². The molecule has 1 fully saturated rings. The van der Waals surface area contributed by atoms with Crippen molar-refractivity contribution in [2.75, 3.05) is 13.6 Å². The van der Waals surface area contributed by atoms with Crippen LogP contribution in [0.25, 0.3) is 0 Å². The molecule has 1 aliphatic rings. The third-order valence-corrected chi connectivity index (χ3v) is 3.63. The molecule has 16 heavy (non-hydrogen) atoms. The van der Waals surface area contributed by atoms with E-state index in [4.69, 9.17) is 4.74 Å². The van der Waals surface area contributed by atoms with Gasteiger partial charge in [-0.2, -0.15) is 0 Å². The fourth-order valence-corrected chi connectivity index (χ4v) is 2.58. The number of ether oxygens (including phenoxy) is 1. The summed E-state index contributed by atoms with van der Waals surface area (Å²) in [5.41, 5.74) is 0. The average Bonchev–Trinajstić information content (AvgIpc) is 2.70. The van der Waals surface area contributed by atoms with Gasteiger partial charge in [0.05, 0.1) is 6.10 Å². The van der Waals surface area contributed by atoms with E-state index < -0.39 is 0 Å². The minimum atomic E-state index is 0.402. The van der Waals surface area contributed by atoms with Crippen LogP contribution in [0.4, 0.5) is 0 Å². The second kappa shape index (κ2) is 5.69. The molecular weight excluding hydrogens is 266 g/mol. The third-order valence-electron chi connectivity index (χ3n) is 3.10. The summed E-state index contributed by atoms with van der Waals surface area (Å²) in [7, 11) is 2.02. The number of rotatable bonds is 4. The Hall–Kier alpha value is -0.540. The predicted molar refractivity (Wildman–Crippen MR) is 69.8 cm³/mol. The fraction of sp³-hybridized carbons (Fsp3) is 0.538. The van der Waals surface area contributed by atoms with Crippen molar-refractivity contribution in [3.63, 3.8) is 0 Å². The van der Waals surface area contributed by atoms with Gasteiger partial charge in [0.1, 0.15) is 5.75 Å². The standard InChI is InChI=1S/C13H18BrNO/c1-15-9-10-2-5-13(8-10)16-12-6-3-11(14)4-7-12/h3-4,6-7,10,13,15H,2,5,8-9H2,1H3. The van der Waals surface area contributed by atoms with Gasteiger partial charge in [-0.1, -0.05) is 15.9 Å². The molecule has 0 spiro atoms. The molecule has 0 aromatic heterocycles. The molecule has 0 saturated heterocycles. The van der Waals surface area contributed by atoms with Crippen LogP contribution < -0.4 is 10.1 Å². The summed E-state index contributed by atoms with van der Waals surface area (Å²) in [5, 5.41) is 3.24. The molecule has 1 aromatic rings. The minimum absolute atomic E-state index is 0.402. The molecule has 0 radical (unpaired) electrons. The first-order valence-corrected chi connectivity index (χ1v) is 6.64. The molecular formula is C13H18BrNO. The summed E-state index contributed by atoms with van der Waals surface area (Å²) < 4.78 is 7.05. The Morgan fingerprint density at radius 1 is 1.31 bits per heavy atom. The number of hydrogen-bond donors (Lipinski definition) is 1. The maximum atomic E-state index is 5.96. The first-order chi connectivity index (χ1) is 7.78. The third kappa shape index (κ3) is 3.22. The van der Waals surface area contributed by atoms with Crippen LogP contribution in [0.1, 0.15) is 19.3 Å². The van der Waals surface area contributed by atoms with E-state index >= 15 is 0 Å². The van der Waals surface area contributed by atoms with Crippen LogP contribution in [-0.4, -0.2) is 19.7 Å². The highest BCUT2D eigenvalue weighted by Crippen LogP contribution is 2.29. The van der Waals surface area contributed by atoms with Crippen LogP contribution in [0.15, 0.2) is 28.7 Å². The van der Waals surface area contributed by atoms with Crippen LogP contribution >= 0.6 is 15.9 Å². The maximum Gasteiger partial charge on any atom is 0.119 e. The lowest BCUT2D eigenvalue weighted by molar-refractivity contribution is 0.204. The van der Waals surface area contributed by atoms with Crippen molar-refractivity contribution >= 4 is 15.9 Å². The summed E-state index contributed by atoms with van der Waals surface area (Å²) in [4.78, 5) is 0. The van der Waals surface area contributed by atoms with Gasteiger partial charge in [0.2, 0.25) is 0 Å².